The number of thioether (sulfide) groups is 1. The molecule has 1 fully saturated rings. The molecule has 2 heterocycles. The molecule has 0 radical (unpaired) electrons. The first kappa shape index (κ1) is 25.3. The Morgan fingerprint density at radius 2 is 1.77 bits per heavy atom. The van der Waals surface area contributed by atoms with Crippen LogP contribution in [0.15, 0.2) is 65.3 Å². The Morgan fingerprint density at radius 3 is 2.49 bits per heavy atom. The molecular formula is C28H35N3O3S. The van der Waals surface area contributed by atoms with Crippen molar-refractivity contribution in [3.63, 3.8) is 0 Å². The van der Waals surface area contributed by atoms with Gasteiger partial charge in [-0.2, -0.15) is 0 Å². The molecule has 0 unspecified atom stereocenters. The third-order valence-electron chi connectivity index (χ3n) is 6.59. The first-order valence-corrected chi connectivity index (χ1v) is 13.5. The van der Waals surface area contributed by atoms with E-state index >= 15 is 0 Å². The van der Waals surface area contributed by atoms with Crippen LogP contribution in [0.5, 0.6) is 0 Å². The third-order valence-corrected chi connectivity index (χ3v) is 7.72. The fourth-order valence-electron chi connectivity index (χ4n) is 4.59. The number of anilines is 1. The van der Waals surface area contributed by atoms with Crippen LogP contribution < -0.4 is 10.6 Å². The summed E-state index contributed by atoms with van der Waals surface area (Å²) in [6.45, 7) is 6.39. The lowest BCUT2D eigenvalue weighted by Crippen LogP contribution is -2.36. The van der Waals surface area contributed by atoms with Gasteiger partial charge in [0, 0.05) is 23.5 Å². The summed E-state index contributed by atoms with van der Waals surface area (Å²) in [6.07, 6.45) is 4.61. The summed E-state index contributed by atoms with van der Waals surface area (Å²) in [5.41, 5.74) is 2.69. The van der Waals surface area contributed by atoms with Gasteiger partial charge in [-0.3, -0.25) is 9.59 Å². The van der Waals surface area contributed by atoms with Crippen molar-refractivity contribution in [3.8, 4) is 0 Å². The largest absolute Gasteiger partial charge is 0.496 e. The molecule has 2 aliphatic heterocycles. The lowest BCUT2D eigenvalue weighted by molar-refractivity contribution is -0.112. The maximum absolute atomic E-state index is 12.5. The van der Waals surface area contributed by atoms with Crippen molar-refractivity contribution in [3.05, 3.63) is 76.4 Å². The van der Waals surface area contributed by atoms with Crippen molar-refractivity contribution in [2.75, 3.05) is 43.9 Å². The van der Waals surface area contributed by atoms with E-state index < -0.39 is 0 Å². The fraction of sp³-hybridized carbons (Fsp3) is 0.429. The smallest absolute Gasteiger partial charge is 0.265 e. The predicted octanol–water partition coefficient (Wildman–Crippen LogP) is 4.69. The summed E-state index contributed by atoms with van der Waals surface area (Å²) in [6, 6.07) is 17.8. The highest BCUT2D eigenvalue weighted by atomic mass is 32.2. The Hall–Kier alpha value is -2.77. The summed E-state index contributed by atoms with van der Waals surface area (Å²) in [4.78, 5) is 28.1. The van der Waals surface area contributed by atoms with Gasteiger partial charge in [0.1, 0.15) is 10.7 Å². The zero-order valence-corrected chi connectivity index (χ0v) is 21.2. The SMILES string of the molecule is CC1=C(C(=O)Nc2ccc(C(=O)NCCCN3CCC(Cc4ccccc4)CC3)cc2)SCCO1. The lowest BCUT2D eigenvalue weighted by atomic mass is 9.90. The van der Waals surface area contributed by atoms with Gasteiger partial charge >= 0.3 is 0 Å². The molecule has 2 N–H and O–H groups in total. The van der Waals surface area contributed by atoms with E-state index in [-0.39, 0.29) is 11.8 Å². The second-order valence-electron chi connectivity index (χ2n) is 9.20. The molecule has 0 spiro atoms. The van der Waals surface area contributed by atoms with Crippen LogP contribution >= 0.6 is 11.8 Å². The van der Waals surface area contributed by atoms with Crippen LogP contribution in [0.25, 0.3) is 0 Å². The molecule has 0 aromatic heterocycles. The Bertz CT molecular complexity index is 1020. The minimum atomic E-state index is -0.173. The molecule has 4 rings (SSSR count). The average molecular weight is 494 g/mol. The summed E-state index contributed by atoms with van der Waals surface area (Å²) in [5, 5.41) is 5.90. The summed E-state index contributed by atoms with van der Waals surface area (Å²) in [5.74, 6) is 1.95. The van der Waals surface area contributed by atoms with Crippen molar-refractivity contribution in [1.29, 1.82) is 0 Å². The number of ether oxygens (including phenoxy) is 1. The number of nitrogens with zero attached hydrogens (tertiary/aromatic N) is 1. The highest BCUT2D eigenvalue weighted by Gasteiger charge is 2.20. The Labute approximate surface area is 212 Å². The van der Waals surface area contributed by atoms with Gasteiger partial charge in [0.05, 0.1) is 6.61 Å². The number of nitrogens with one attached hydrogen (secondary N) is 2. The number of carbonyl (C=O) groups excluding carboxylic acids is 2. The molecule has 186 valence electrons. The maximum Gasteiger partial charge on any atom is 0.265 e. The number of hydrogen-bond donors (Lipinski definition) is 2. The first-order chi connectivity index (χ1) is 17.1. The molecule has 6 nitrogen and oxygen atoms in total. The van der Waals surface area contributed by atoms with E-state index in [1.165, 1.54) is 36.6 Å². The second kappa shape index (κ2) is 12.8. The van der Waals surface area contributed by atoms with Crippen molar-refractivity contribution in [2.24, 2.45) is 5.92 Å². The van der Waals surface area contributed by atoms with Gasteiger partial charge in [-0.05, 0) is 88.0 Å². The number of carbonyl (C=O) groups is 2. The van der Waals surface area contributed by atoms with E-state index in [0.717, 1.165) is 37.7 Å². The van der Waals surface area contributed by atoms with Crippen molar-refractivity contribution in [2.45, 2.75) is 32.6 Å². The molecule has 35 heavy (non-hydrogen) atoms. The molecular weight excluding hydrogens is 458 g/mol. The lowest BCUT2D eigenvalue weighted by Gasteiger charge is -2.32. The molecule has 7 heteroatoms. The quantitative estimate of drug-likeness (QED) is 0.496. The Kier molecular flexibility index (Phi) is 9.26. The normalized spacial score (nSPS) is 17.1. The topological polar surface area (TPSA) is 70.7 Å². The van der Waals surface area contributed by atoms with Crippen LogP contribution in [-0.2, 0) is 16.0 Å². The number of hydrogen-bond acceptors (Lipinski definition) is 5. The number of allylic oxidation sites excluding steroid dienone is 1. The number of likely N-dealkylation sites (tertiary alicyclic amines) is 1. The van der Waals surface area contributed by atoms with Crippen LogP contribution in [-0.4, -0.2) is 55.3 Å². The molecule has 0 atom stereocenters. The van der Waals surface area contributed by atoms with Crippen LogP contribution in [0.3, 0.4) is 0 Å². The van der Waals surface area contributed by atoms with E-state index in [2.05, 4.69) is 45.9 Å². The van der Waals surface area contributed by atoms with Crippen LogP contribution in [0.1, 0.15) is 42.1 Å². The Balaban J connectivity index is 1.13. The number of amides is 2. The maximum atomic E-state index is 12.5. The van der Waals surface area contributed by atoms with E-state index in [1.807, 2.05) is 6.92 Å². The second-order valence-corrected chi connectivity index (χ2v) is 10.3. The number of benzene rings is 2. The predicted molar refractivity (Wildman–Crippen MR) is 142 cm³/mol. The van der Waals surface area contributed by atoms with E-state index in [9.17, 15) is 9.59 Å². The molecule has 0 bridgehead atoms. The highest BCUT2D eigenvalue weighted by molar-refractivity contribution is 8.04. The van der Waals surface area contributed by atoms with Gasteiger partial charge in [-0.1, -0.05) is 30.3 Å². The van der Waals surface area contributed by atoms with Gasteiger partial charge in [0.15, 0.2) is 0 Å². The van der Waals surface area contributed by atoms with Gasteiger partial charge < -0.3 is 20.3 Å². The Morgan fingerprint density at radius 1 is 1.03 bits per heavy atom. The molecule has 0 saturated carbocycles. The van der Waals surface area contributed by atoms with Crippen molar-refractivity contribution >= 4 is 29.3 Å². The van der Waals surface area contributed by atoms with E-state index in [4.69, 9.17) is 4.74 Å². The molecule has 2 aliphatic rings. The standard InChI is InChI=1S/C28H35N3O3S/c1-21-26(35-19-18-34-21)28(33)30-25-10-8-24(9-11-25)27(32)29-14-5-15-31-16-12-23(13-17-31)20-22-6-3-2-4-7-22/h2-4,6-11,23H,5,12-20H2,1H3,(H,29,32)(H,30,33). The van der Waals surface area contributed by atoms with E-state index in [0.29, 0.717) is 35.1 Å². The highest BCUT2D eigenvalue weighted by Crippen LogP contribution is 2.26. The van der Waals surface area contributed by atoms with Crippen molar-refractivity contribution in [1.82, 2.24) is 10.2 Å². The molecule has 2 aromatic rings. The summed E-state index contributed by atoms with van der Waals surface area (Å²) >= 11 is 1.50. The van der Waals surface area contributed by atoms with Gasteiger partial charge in [-0.25, -0.2) is 0 Å². The minimum Gasteiger partial charge on any atom is -0.496 e. The van der Waals surface area contributed by atoms with Crippen molar-refractivity contribution < 1.29 is 14.3 Å². The van der Waals surface area contributed by atoms with Gasteiger partial charge in [-0.15, -0.1) is 11.8 Å². The zero-order valence-electron chi connectivity index (χ0n) is 20.4. The van der Waals surface area contributed by atoms with Crippen LogP contribution in [0.4, 0.5) is 5.69 Å². The zero-order chi connectivity index (χ0) is 24.5. The van der Waals surface area contributed by atoms with Crippen LogP contribution in [0.2, 0.25) is 0 Å². The molecule has 2 amide bonds. The molecule has 2 aromatic carbocycles. The summed E-state index contributed by atoms with van der Waals surface area (Å²) in [7, 11) is 0. The number of piperidine rings is 1. The minimum absolute atomic E-state index is 0.0840. The fourth-order valence-corrected chi connectivity index (χ4v) is 5.41. The number of rotatable bonds is 9. The first-order valence-electron chi connectivity index (χ1n) is 12.5. The van der Waals surface area contributed by atoms with Gasteiger partial charge in [0.2, 0.25) is 0 Å². The average Bonchev–Trinajstić information content (AvgIpc) is 2.89. The molecule has 0 aliphatic carbocycles. The van der Waals surface area contributed by atoms with Gasteiger partial charge in [0.25, 0.3) is 11.8 Å². The monoisotopic (exact) mass is 493 g/mol. The van der Waals surface area contributed by atoms with E-state index in [1.54, 1.807) is 24.3 Å². The van der Waals surface area contributed by atoms with Crippen LogP contribution in [0, 0.1) is 5.92 Å². The third kappa shape index (κ3) is 7.61. The molecule has 1 saturated heterocycles. The summed E-state index contributed by atoms with van der Waals surface area (Å²) < 4.78 is 5.45.